The van der Waals surface area contributed by atoms with Gasteiger partial charge in [0.2, 0.25) is 0 Å². The van der Waals surface area contributed by atoms with Crippen LogP contribution in [-0.4, -0.2) is 45.9 Å². The van der Waals surface area contributed by atoms with E-state index < -0.39 is 0 Å². The quantitative estimate of drug-likeness (QED) is 0.687. The lowest BCUT2D eigenvalue weighted by molar-refractivity contribution is 0.0778. The number of nitrogens with zero attached hydrogens (tertiary/aromatic N) is 4. The average molecular weight is 418 g/mol. The molecule has 8 heteroatoms. The number of carbonyl (C=O) groups is 1. The minimum atomic E-state index is -0.106. The third-order valence-electron chi connectivity index (χ3n) is 5.63. The first-order valence-electron chi connectivity index (χ1n) is 9.97. The smallest absolute Gasteiger partial charge is 0.276 e. The van der Waals surface area contributed by atoms with Gasteiger partial charge < -0.3 is 14.6 Å². The molecule has 1 aromatic carbocycles. The Balaban J connectivity index is 0.00000240. The predicted molar refractivity (Wildman–Crippen MR) is 115 cm³/mol. The van der Waals surface area contributed by atoms with Crippen molar-refractivity contribution in [3.8, 4) is 0 Å². The van der Waals surface area contributed by atoms with Crippen LogP contribution in [0.4, 0.5) is 0 Å². The maximum atomic E-state index is 13.1. The Hall–Kier alpha value is -2.38. The lowest BCUT2D eigenvalue weighted by Gasteiger charge is -2.23. The molecule has 1 N–H and O–H groups in total. The Morgan fingerprint density at radius 1 is 1.31 bits per heavy atom. The molecule has 1 amide bonds. The summed E-state index contributed by atoms with van der Waals surface area (Å²) in [5.74, 6) is 0.820. The summed E-state index contributed by atoms with van der Waals surface area (Å²) in [4.78, 5) is 14.8. The van der Waals surface area contributed by atoms with E-state index in [4.69, 9.17) is 4.42 Å². The molecule has 0 radical (unpaired) electrons. The van der Waals surface area contributed by atoms with Gasteiger partial charge in [-0.05, 0) is 38.9 Å². The number of hydrogen-bond acceptors (Lipinski definition) is 5. The van der Waals surface area contributed by atoms with Gasteiger partial charge in [0.1, 0.15) is 11.3 Å². The van der Waals surface area contributed by atoms with Crippen LogP contribution in [0.1, 0.15) is 53.3 Å². The molecule has 3 aromatic rings. The van der Waals surface area contributed by atoms with Gasteiger partial charge in [0.25, 0.3) is 5.91 Å². The molecule has 156 valence electrons. The number of rotatable bonds is 5. The minimum Gasteiger partial charge on any atom is -0.461 e. The topological polar surface area (TPSA) is 76.2 Å². The fourth-order valence-electron chi connectivity index (χ4n) is 4.03. The lowest BCUT2D eigenvalue weighted by Crippen LogP contribution is -2.31. The van der Waals surface area contributed by atoms with Crippen LogP contribution in [0.5, 0.6) is 0 Å². The molecule has 0 saturated carbocycles. The largest absolute Gasteiger partial charge is 0.461 e. The summed E-state index contributed by atoms with van der Waals surface area (Å²) in [7, 11) is 1.81. The van der Waals surface area contributed by atoms with Gasteiger partial charge >= 0.3 is 0 Å². The van der Waals surface area contributed by atoms with E-state index in [1.807, 2.05) is 42.9 Å². The van der Waals surface area contributed by atoms with E-state index in [0.29, 0.717) is 18.3 Å². The third-order valence-corrected chi connectivity index (χ3v) is 5.63. The molecule has 0 unspecified atom stereocenters. The van der Waals surface area contributed by atoms with Crippen LogP contribution in [0.15, 0.2) is 28.7 Å². The number of piperidine rings is 1. The molecule has 0 spiro atoms. The number of hydrogen-bond donors (Lipinski definition) is 1. The number of aromatic nitrogens is 3. The lowest BCUT2D eigenvalue weighted by atomic mass is 10.1. The first kappa shape index (κ1) is 21.3. The molecule has 1 saturated heterocycles. The highest BCUT2D eigenvalue weighted by molar-refractivity contribution is 5.93. The van der Waals surface area contributed by atoms with E-state index >= 15 is 0 Å². The van der Waals surface area contributed by atoms with Gasteiger partial charge in [0.05, 0.1) is 11.7 Å². The minimum absolute atomic E-state index is 0. The van der Waals surface area contributed by atoms with Gasteiger partial charge in [-0.25, -0.2) is 4.68 Å². The highest BCUT2D eigenvalue weighted by atomic mass is 35.5. The van der Waals surface area contributed by atoms with Gasteiger partial charge in [-0.3, -0.25) is 4.79 Å². The zero-order valence-electron chi connectivity index (χ0n) is 17.1. The Labute approximate surface area is 176 Å². The number of halogens is 1. The fourth-order valence-corrected chi connectivity index (χ4v) is 4.03. The van der Waals surface area contributed by atoms with Gasteiger partial charge in [-0.15, -0.1) is 17.5 Å². The molecule has 1 aliphatic heterocycles. The molecule has 1 fully saturated rings. The van der Waals surface area contributed by atoms with Crippen LogP contribution in [0, 0.1) is 6.92 Å². The summed E-state index contributed by atoms with van der Waals surface area (Å²) in [6, 6.07) is 8.29. The van der Waals surface area contributed by atoms with Crippen LogP contribution in [0.2, 0.25) is 0 Å². The van der Waals surface area contributed by atoms with Crippen molar-refractivity contribution in [3.63, 3.8) is 0 Å². The van der Waals surface area contributed by atoms with E-state index in [0.717, 1.165) is 60.3 Å². The van der Waals surface area contributed by atoms with E-state index in [-0.39, 0.29) is 18.3 Å². The second kappa shape index (κ2) is 8.97. The monoisotopic (exact) mass is 417 g/mol. The van der Waals surface area contributed by atoms with Crippen LogP contribution in [0.25, 0.3) is 11.0 Å². The van der Waals surface area contributed by atoms with Crippen molar-refractivity contribution < 1.29 is 9.21 Å². The molecule has 4 rings (SSSR count). The number of benzene rings is 1. The molecule has 29 heavy (non-hydrogen) atoms. The second-order valence-corrected chi connectivity index (χ2v) is 7.46. The van der Waals surface area contributed by atoms with E-state index in [1.54, 1.807) is 4.90 Å². The number of aryl methyl sites for hydroxylation is 1. The molecule has 0 aliphatic carbocycles. The van der Waals surface area contributed by atoms with Crippen molar-refractivity contribution in [1.29, 1.82) is 0 Å². The Bertz CT molecular complexity index is 990. The van der Waals surface area contributed by atoms with Crippen LogP contribution >= 0.6 is 12.4 Å². The summed E-state index contributed by atoms with van der Waals surface area (Å²) in [6.07, 6.45) is 2.81. The van der Waals surface area contributed by atoms with Crippen molar-refractivity contribution in [2.45, 2.75) is 45.7 Å². The fraction of sp³-hybridized carbons (Fsp3) is 0.476. The van der Waals surface area contributed by atoms with Crippen molar-refractivity contribution in [3.05, 3.63) is 47.0 Å². The number of fused-ring (bicyclic) bond motifs is 1. The van der Waals surface area contributed by atoms with Crippen LogP contribution in [0.3, 0.4) is 0 Å². The van der Waals surface area contributed by atoms with Crippen molar-refractivity contribution >= 4 is 29.3 Å². The first-order chi connectivity index (χ1) is 13.6. The summed E-state index contributed by atoms with van der Waals surface area (Å²) in [5.41, 5.74) is 3.21. The average Bonchev–Trinajstić information content (AvgIpc) is 3.28. The zero-order valence-corrected chi connectivity index (χ0v) is 18.0. The van der Waals surface area contributed by atoms with Gasteiger partial charge in [0.15, 0.2) is 5.69 Å². The standard InChI is InChI=1S/C21H27N5O2.ClH/c1-4-18-17(16-7-5-6-8-19(16)28-18)13-25(3)21(27)20-14(2)26(24-23-20)15-9-11-22-12-10-15;/h5-8,15,22H,4,9-13H2,1-3H3;1H. The molecule has 2 aromatic heterocycles. The normalized spacial score (nSPS) is 14.7. The Kier molecular flexibility index (Phi) is 6.59. The molecule has 3 heterocycles. The van der Waals surface area contributed by atoms with E-state index in [1.165, 1.54) is 0 Å². The maximum absolute atomic E-state index is 13.1. The summed E-state index contributed by atoms with van der Waals surface area (Å²) < 4.78 is 7.89. The number of carbonyl (C=O) groups excluding carboxylic acids is 1. The molecule has 7 nitrogen and oxygen atoms in total. The summed E-state index contributed by atoms with van der Waals surface area (Å²) in [6.45, 7) is 6.44. The number of furan rings is 1. The highest BCUT2D eigenvalue weighted by Gasteiger charge is 2.25. The third kappa shape index (κ3) is 4.02. The van der Waals surface area contributed by atoms with Gasteiger partial charge in [-0.1, -0.05) is 30.3 Å². The number of para-hydroxylation sites is 1. The predicted octanol–water partition coefficient (Wildman–Crippen LogP) is 3.51. The molecular formula is C21H28ClN5O2. The van der Waals surface area contributed by atoms with Crippen molar-refractivity contribution in [2.75, 3.05) is 20.1 Å². The summed E-state index contributed by atoms with van der Waals surface area (Å²) >= 11 is 0. The number of nitrogens with one attached hydrogen (secondary N) is 1. The number of amides is 1. The van der Waals surface area contributed by atoms with Crippen LogP contribution < -0.4 is 5.32 Å². The maximum Gasteiger partial charge on any atom is 0.276 e. The Morgan fingerprint density at radius 2 is 2.03 bits per heavy atom. The zero-order chi connectivity index (χ0) is 19.7. The SMILES string of the molecule is CCc1oc2ccccc2c1CN(C)C(=O)c1nnn(C2CCNCC2)c1C.Cl. The van der Waals surface area contributed by atoms with Crippen LogP contribution in [-0.2, 0) is 13.0 Å². The second-order valence-electron chi connectivity index (χ2n) is 7.46. The van der Waals surface area contributed by atoms with Crippen molar-refractivity contribution in [2.24, 2.45) is 0 Å². The van der Waals surface area contributed by atoms with Gasteiger partial charge in [0, 0.05) is 31.0 Å². The van der Waals surface area contributed by atoms with E-state index in [9.17, 15) is 4.79 Å². The van der Waals surface area contributed by atoms with E-state index in [2.05, 4.69) is 22.6 Å². The molecule has 1 aliphatic rings. The first-order valence-corrected chi connectivity index (χ1v) is 9.97. The Morgan fingerprint density at radius 3 is 2.76 bits per heavy atom. The molecule has 0 bridgehead atoms. The molecule has 0 atom stereocenters. The highest BCUT2D eigenvalue weighted by Crippen LogP contribution is 2.28. The summed E-state index contributed by atoms with van der Waals surface area (Å²) in [5, 5.41) is 12.9. The molecular weight excluding hydrogens is 390 g/mol. The van der Waals surface area contributed by atoms with Crippen molar-refractivity contribution in [1.82, 2.24) is 25.2 Å². The van der Waals surface area contributed by atoms with Gasteiger partial charge in [-0.2, -0.15) is 0 Å².